The topological polar surface area (TPSA) is 45.2 Å². The number of benzene rings is 1. The molecule has 3 rings (SSSR count). The molecular formula is C15H14FN3O. The highest BCUT2D eigenvalue weighted by molar-refractivity contribution is 6.10. The fourth-order valence-electron chi connectivity index (χ4n) is 2.49. The van der Waals surface area contributed by atoms with Crippen LogP contribution in [0.25, 0.3) is 0 Å². The van der Waals surface area contributed by atoms with Crippen LogP contribution in [0.1, 0.15) is 15.9 Å². The van der Waals surface area contributed by atoms with Crippen LogP contribution in [0.4, 0.5) is 15.9 Å². The molecule has 5 heteroatoms. The number of anilines is 2. The van der Waals surface area contributed by atoms with E-state index in [0.29, 0.717) is 23.6 Å². The second-order valence-electron chi connectivity index (χ2n) is 4.63. The number of hydrogen-bond acceptors (Lipinski definition) is 3. The number of carbonyl (C=O) groups excluding carboxylic acids is 1. The summed E-state index contributed by atoms with van der Waals surface area (Å²) in [6, 6.07) is 8.01. The summed E-state index contributed by atoms with van der Waals surface area (Å²) in [6.45, 7) is 0.565. The van der Waals surface area contributed by atoms with E-state index in [2.05, 4.69) is 10.3 Å². The number of nitrogens with zero attached hydrogens (tertiary/aromatic N) is 2. The number of fused-ring (bicyclic) bond motifs is 1. The molecule has 4 nitrogen and oxygen atoms in total. The monoisotopic (exact) mass is 271 g/mol. The largest absolute Gasteiger partial charge is 0.372 e. The van der Waals surface area contributed by atoms with Gasteiger partial charge in [-0.1, -0.05) is 6.07 Å². The summed E-state index contributed by atoms with van der Waals surface area (Å²) in [5, 5.41) is 2.90. The van der Waals surface area contributed by atoms with Gasteiger partial charge >= 0.3 is 0 Å². The Balaban J connectivity index is 2.00. The molecule has 1 aliphatic rings. The summed E-state index contributed by atoms with van der Waals surface area (Å²) in [5.41, 5.74) is 2.14. The maximum absolute atomic E-state index is 13.4. The van der Waals surface area contributed by atoms with Gasteiger partial charge in [-0.25, -0.2) is 9.37 Å². The minimum absolute atomic E-state index is 0.160. The number of hydrogen-bond donors (Lipinski definition) is 1. The Morgan fingerprint density at radius 1 is 1.40 bits per heavy atom. The van der Waals surface area contributed by atoms with E-state index in [1.165, 1.54) is 12.1 Å². The maximum atomic E-state index is 13.4. The van der Waals surface area contributed by atoms with Gasteiger partial charge in [-0.05, 0) is 36.2 Å². The first-order chi connectivity index (χ1) is 9.70. The van der Waals surface area contributed by atoms with Gasteiger partial charge in [0.15, 0.2) is 0 Å². The van der Waals surface area contributed by atoms with Gasteiger partial charge in [-0.3, -0.25) is 4.79 Å². The van der Waals surface area contributed by atoms with Gasteiger partial charge in [0.05, 0.1) is 11.3 Å². The quantitative estimate of drug-likeness (QED) is 0.912. The van der Waals surface area contributed by atoms with Gasteiger partial charge in [0.25, 0.3) is 5.91 Å². The predicted octanol–water partition coefficient (Wildman–Crippen LogP) is 2.47. The molecule has 0 unspecified atom stereocenters. The van der Waals surface area contributed by atoms with Crippen molar-refractivity contribution in [3.05, 3.63) is 53.5 Å². The summed E-state index contributed by atoms with van der Waals surface area (Å²) in [5.74, 6) is 0.0395. The lowest BCUT2D eigenvalue weighted by Gasteiger charge is -2.18. The molecule has 2 heterocycles. The van der Waals surface area contributed by atoms with Crippen molar-refractivity contribution in [1.82, 2.24) is 4.98 Å². The zero-order valence-corrected chi connectivity index (χ0v) is 11.1. The minimum atomic E-state index is -0.330. The number of amides is 1. The van der Waals surface area contributed by atoms with Crippen LogP contribution in [0, 0.1) is 5.82 Å². The Kier molecular flexibility index (Phi) is 3.10. The van der Waals surface area contributed by atoms with Crippen LogP contribution in [0.15, 0.2) is 36.5 Å². The summed E-state index contributed by atoms with van der Waals surface area (Å²) >= 11 is 0. The molecule has 0 atom stereocenters. The molecule has 1 aromatic carbocycles. The average molecular weight is 271 g/mol. The normalized spacial score (nSPS) is 13.2. The molecule has 1 amide bonds. The van der Waals surface area contributed by atoms with Crippen LogP contribution in [0.3, 0.4) is 0 Å². The van der Waals surface area contributed by atoms with Gasteiger partial charge in [-0.2, -0.15) is 0 Å². The first-order valence-electron chi connectivity index (χ1n) is 6.44. The zero-order chi connectivity index (χ0) is 14.1. The van der Waals surface area contributed by atoms with E-state index in [9.17, 15) is 9.18 Å². The third-order valence-corrected chi connectivity index (χ3v) is 3.46. The molecular weight excluding hydrogens is 257 g/mol. The third kappa shape index (κ3) is 2.01. The molecule has 0 fully saturated rings. The van der Waals surface area contributed by atoms with Crippen LogP contribution in [-0.4, -0.2) is 24.5 Å². The maximum Gasteiger partial charge on any atom is 0.262 e. The average Bonchev–Trinajstić information content (AvgIpc) is 2.89. The van der Waals surface area contributed by atoms with Crippen molar-refractivity contribution in [2.45, 2.75) is 6.42 Å². The van der Waals surface area contributed by atoms with E-state index in [-0.39, 0.29) is 11.7 Å². The lowest BCUT2D eigenvalue weighted by atomic mass is 10.1. The van der Waals surface area contributed by atoms with Crippen molar-refractivity contribution in [1.29, 1.82) is 0 Å². The van der Waals surface area contributed by atoms with Crippen molar-refractivity contribution < 1.29 is 9.18 Å². The molecule has 0 aliphatic carbocycles. The number of halogens is 1. The molecule has 0 bridgehead atoms. The summed E-state index contributed by atoms with van der Waals surface area (Å²) in [4.78, 5) is 18.4. The molecule has 0 saturated heterocycles. The zero-order valence-electron chi connectivity index (χ0n) is 11.1. The smallest absolute Gasteiger partial charge is 0.262 e. The minimum Gasteiger partial charge on any atom is -0.372 e. The first-order valence-corrected chi connectivity index (χ1v) is 6.44. The van der Waals surface area contributed by atoms with Crippen molar-refractivity contribution >= 4 is 17.4 Å². The molecule has 1 aliphatic heterocycles. The van der Waals surface area contributed by atoms with E-state index in [1.807, 2.05) is 0 Å². The van der Waals surface area contributed by atoms with Crippen molar-refractivity contribution in [2.24, 2.45) is 0 Å². The van der Waals surface area contributed by atoms with Crippen molar-refractivity contribution in [3.63, 3.8) is 0 Å². The van der Waals surface area contributed by atoms with E-state index in [1.54, 1.807) is 36.3 Å². The molecule has 102 valence electrons. The fraction of sp³-hybridized carbons (Fsp3) is 0.200. The SMILES string of the molecule is CNc1ncccc1C(=O)N1CCc2ccc(F)cc21. The van der Waals surface area contributed by atoms with E-state index < -0.39 is 0 Å². The molecule has 0 radical (unpaired) electrons. The first kappa shape index (κ1) is 12.6. The van der Waals surface area contributed by atoms with Crippen molar-refractivity contribution in [2.75, 3.05) is 23.8 Å². The summed E-state index contributed by atoms with van der Waals surface area (Å²) in [7, 11) is 1.72. The van der Waals surface area contributed by atoms with E-state index in [4.69, 9.17) is 0 Å². The van der Waals surface area contributed by atoms with Crippen molar-refractivity contribution in [3.8, 4) is 0 Å². The Morgan fingerprint density at radius 3 is 3.05 bits per heavy atom. The third-order valence-electron chi connectivity index (χ3n) is 3.46. The van der Waals surface area contributed by atoms with Crippen LogP contribution < -0.4 is 10.2 Å². The standard InChI is InChI=1S/C15H14FN3O/c1-17-14-12(3-2-7-18-14)15(20)19-8-6-10-4-5-11(16)9-13(10)19/h2-5,7,9H,6,8H2,1H3,(H,17,18). The van der Waals surface area contributed by atoms with Crippen LogP contribution in [0.2, 0.25) is 0 Å². The Labute approximate surface area is 116 Å². The molecule has 0 spiro atoms. The Bertz CT molecular complexity index is 672. The second kappa shape index (κ2) is 4.92. The molecule has 1 aromatic heterocycles. The number of aromatic nitrogens is 1. The highest BCUT2D eigenvalue weighted by Crippen LogP contribution is 2.30. The van der Waals surface area contributed by atoms with Crippen LogP contribution in [-0.2, 0) is 6.42 Å². The Hall–Kier alpha value is -2.43. The number of carbonyl (C=O) groups is 1. The van der Waals surface area contributed by atoms with Gasteiger partial charge < -0.3 is 10.2 Å². The van der Waals surface area contributed by atoms with Gasteiger partial charge in [0.2, 0.25) is 0 Å². The van der Waals surface area contributed by atoms with Gasteiger partial charge in [0, 0.05) is 19.8 Å². The molecule has 2 aromatic rings. The summed E-state index contributed by atoms with van der Waals surface area (Å²) in [6.07, 6.45) is 2.37. The summed E-state index contributed by atoms with van der Waals surface area (Å²) < 4.78 is 13.4. The number of pyridine rings is 1. The second-order valence-corrected chi connectivity index (χ2v) is 4.63. The Morgan fingerprint density at radius 2 is 2.25 bits per heavy atom. The fourth-order valence-corrected chi connectivity index (χ4v) is 2.49. The van der Waals surface area contributed by atoms with E-state index >= 15 is 0 Å². The lowest BCUT2D eigenvalue weighted by molar-refractivity contribution is 0.0990. The number of rotatable bonds is 2. The van der Waals surface area contributed by atoms with Gasteiger partial charge in [-0.15, -0.1) is 0 Å². The highest BCUT2D eigenvalue weighted by Gasteiger charge is 2.27. The van der Waals surface area contributed by atoms with Gasteiger partial charge in [0.1, 0.15) is 11.6 Å². The predicted molar refractivity (Wildman–Crippen MR) is 75.6 cm³/mol. The molecule has 0 saturated carbocycles. The molecule has 20 heavy (non-hydrogen) atoms. The molecule has 1 N–H and O–H groups in total. The van der Waals surface area contributed by atoms with Crippen LogP contribution in [0.5, 0.6) is 0 Å². The highest BCUT2D eigenvalue weighted by atomic mass is 19.1. The number of nitrogens with one attached hydrogen (secondary N) is 1. The van der Waals surface area contributed by atoms with E-state index in [0.717, 1.165) is 12.0 Å². The van der Waals surface area contributed by atoms with Crippen LogP contribution >= 0.6 is 0 Å². The lowest BCUT2D eigenvalue weighted by Crippen LogP contribution is -2.29.